The summed E-state index contributed by atoms with van der Waals surface area (Å²) in [5, 5.41) is 4.74. The normalized spacial score (nSPS) is 18.5. The molecule has 0 radical (unpaired) electrons. The number of rotatable bonds is 1. The van der Waals surface area contributed by atoms with E-state index in [1.165, 1.54) is 0 Å². The zero-order valence-electron chi connectivity index (χ0n) is 15.3. The molecule has 0 aliphatic carbocycles. The lowest BCUT2D eigenvalue weighted by atomic mass is 10.0. The summed E-state index contributed by atoms with van der Waals surface area (Å²) >= 11 is 6.89. The van der Waals surface area contributed by atoms with Crippen LogP contribution in [0, 0.1) is 0 Å². The first kappa shape index (κ1) is 16.8. The molecule has 1 atom stereocenters. The van der Waals surface area contributed by atoms with Crippen molar-refractivity contribution in [2.45, 2.75) is 6.04 Å². The Kier molecular flexibility index (Phi) is 3.60. The van der Waals surface area contributed by atoms with Crippen molar-refractivity contribution in [3.05, 3.63) is 46.1 Å². The quantitative estimate of drug-likeness (QED) is 0.447. The fourth-order valence-electron chi connectivity index (χ4n) is 4.35. The fraction of sp³-hybridized carbons (Fsp3) is 0.250. The molecule has 0 spiro atoms. The number of halogens is 1. The average Bonchev–Trinajstić information content (AvgIpc) is 3.04. The third-order valence-electron chi connectivity index (χ3n) is 5.68. The van der Waals surface area contributed by atoms with Gasteiger partial charge < -0.3 is 24.9 Å². The maximum Gasteiger partial charge on any atom is 0.323 e. The molecule has 0 bridgehead atoms. The lowest BCUT2D eigenvalue weighted by Crippen LogP contribution is -2.53. The Hall–Kier alpha value is -3.10. The SMILES string of the molecule is O=c1[nH]c2cccc(-c3cc4ncnc5c4c(c3Cl)OCC3CNCCN53)c2[nH]1. The molecule has 1 fully saturated rings. The monoisotopic (exact) mass is 408 g/mol. The van der Waals surface area contributed by atoms with Crippen molar-refractivity contribution in [1.29, 1.82) is 0 Å². The molecule has 1 saturated heterocycles. The number of anilines is 1. The number of piperazine rings is 1. The van der Waals surface area contributed by atoms with Crippen LogP contribution < -0.4 is 20.6 Å². The molecule has 4 heterocycles. The van der Waals surface area contributed by atoms with E-state index < -0.39 is 0 Å². The number of aromatic nitrogens is 4. The summed E-state index contributed by atoms with van der Waals surface area (Å²) in [6.07, 6.45) is 1.59. The Morgan fingerprint density at radius 3 is 3.07 bits per heavy atom. The van der Waals surface area contributed by atoms with E-state index in [1.54, 1.807) is 6.33 Å². The molecule has 6 rings (SSSR count). The minimum absolute atomic E-state index is 0.179. The largest absolute Gasteiger partial charge is 0.489 e. The Labute approximate surface area is 169 Å². The van der Waals surface area contributed by atoms with Gasteiger partial charge in [-0.1, -0.05) is 23.7 Å². The van der Waals surface area contributed by atoms with E-state index in [0.29, 0.717) is 22.9 Å². The third kappa shape index (κ3) is 2.46. The van der Waals surface area contributed by atoms with Gasteiger partial charge in [0.1, 0.15) is 18.8 Å². The van der Waals surface area contributed by atoms with Crippen LogP contribution in [0.5, 0.6) is 5.75 Å². The summed E-state index contributed by atoms with van der Waals surface area (Å²) in [6.45, 7) is 3.08. The van der Waals surface area contributed by atoms with Crippen LogP contribution in [0.4, 0.5) is 5.82 Å². The number of H-pyrrole nitrogens is 2. The molecule has 146 valence electrons. The van der Waals surface area contributed by atoms with Crippen LogP contribution >= 0.6 is 11.6 Å². The van der Waals surface area contributed by atoms with E-state index in [0.717, 1.165) is 53.0 Å². The smallest absolute Gasteiger partial charge is 0.323 e. The first-order valence-electron chi connectivity index (χ1n) is 9.49. The van der Waals surface area contributed by atoms with Gasteiger partial charge in [-0.15, -0.1) is 0 Å². The maximum atomic E-state index is 11.8. The summed E-state index contributed by atoms with van der Waals surface area (Å²) in [5.41, 5.74) is 3.51. The van der Waals surface area contributed by atoms with Crippen LogP contribution in [0.25, 0.3) is 33.1 Å². The molecular weight excluding hydrogens is 392 g/mol. The Bertz CT molecular complexity index is 1330. The summed E-state index contributed by atoms with van der Waals surface area (Å²) < 4.78 is 6.23. The number of hydrogen-bond donors (Lipinski definition) is 3. The van der Waals surface area contributed by atoms with E-state index in [4.69, 9.17) is 16.3 Å². The maximum absolute atomic E-state index is 11.8. The number of nitrogens with one attached hydrogen (secondary N) is 3. The molecule has 3 N–H and O–H groups in total. The van der Waals surface area contributed by atoms with Crippen molar-refractivity contribution in [3.8, 4) is 16.9 Å². The van der Waals surface area contributed by atoms with E-state index >= 15 is 0 Å². The minimum atomic E-state index is -0.257. The molecule has 4 aromatic rings. The highest BCUT2D eigenvalue weighted by atomic mass is 35.5. The molecule has 0 amide bonds. The van der Waals surface area contributed by atoms with E-state index in [1.807, 2.05) is 24.3 Å². The molecule has 0 saturated carbocycles. The second-order valence-corrected chi connectivity index (χ2v) is 7.71. The van der Waals surface area contributed by atoms with Gasteiger partial charge in [0.05, 0.1) is 33.0 Å². The van der Waals surface area contributed by atoms with E-state index in [2.05, 4.69) is 30.2 Å². The Morgan fingerprint density at radius 1 is 1.21 bits per heavy atom. The van der Waals surface area contributed by atoms with Gasteiger partial charge in [0, 0.05) is 30.8 Å². The minimum Gasteiger partial charge on any atom is -0.489 e. The lowest BCUT2D eigenvalue weighted by Gasteiger charge is -2.35. The lowest BCUT2D eigenvalue weighted by molar-refractivity contribution is 0.274. The van der Waals surface area contributed by atoms with Gasteiger partial charge in [-0.05, 0) is 12.1 Å². The molecule has 2 aliphatic rings. The number of para-hydroxylation sites is 1. The van der Waals surface area contributed by atoms with Crippen molar-refractivity contribution in [2.24, 2.45) is 0 Å². The first-order chi connectivity index (χ1) is 14.2. The molecule has 9 heteroatoms. The Balaban J connectivity index is 1.65. The highest BCUT2D eigenvalue weighted by Crippen LogP contribution is 2.46. The zero-order valence-corrected chi connectivity index (χ0v) is 16.1. The summed E-state index contributed by atoms with van der Waals surface area (Å²) in [7, 11) is 0. The predicted molar refractivity (Wildman–Crippen MR) is 112 cm³/mol. The molecule has 2 aromatic carbocycles. The number of imidazole rings is 1. The van der Waals surface area contributed by atoms with Gasteiger partial charge in [0.15, 0.2) is 5.75 Å². The van der Waals surface area contributed by atoms with Crippen molar-refractivity contribution in [3.63, 3.8) is 0 Å². The number of aromatic amines is 2. The van der Waals surface area contributed by atoms with Crippen LogP contribution in [-0.4, -0.2) is 52.2 Å². The van der Waals surface area contributed by atoms with Gasteiger partial charge in [-0.25, -0.2) is 14.8 Å². The van der Waals surface area contributed by atoms with Crippen molar-refractivity contribution in [2.75, 3.05) is 31.1 Å². The standard InChI is InChI=1S/C20H17ClN6O2/c21-16-12(11-2-1-3-13-17(11)26-20(28)25-13)6-14-15-18(16)29-8-10-7-22-4-5-27(10)19(15)24-9-23-14/h1-3,6,9-10,22H,4-5,7-8H2,(H2,25,26,28). The number of ether oxygens (including phenoxy) is 1. The number of benzene rings is 2. The van der Waals surface area contributed by atoms with E-state index in [9.17, 15) is 4.79 Å². The van der Waals surface area contributed by atoms with Gasteiger partial charge in [0.2, 0.25) is 0 Å². The first-order valence-corrected chi connectivity index (χ1v) is 9.87. The molecule has 1 unspecified atom stereocenters. The molecular formula is C20H17ClN6O2. The van der Waals surface area contributed by atoms with Crippen LogP contribution in [0.3, 0.4) is 0 Å². The van der Waals surface area contributed by atoms with Crippen LogP contribution in [0.1, 0.15) is 0 Å². The summed E-state index contributed by atoms with van der Waals surface area (Å²) in [5.74, 6) is 1.45. The third-order valence-corrected chi connectivity index (χ3v) is 6.06. The predicted octanol–water partition coefficient (Wildman–Crippen LogP) is 2.29. The highest BCUT2D eigenvalue weighted by Gasteiger charge is 2.32. The van der Waals surface area contributed by atoms with Crippen molar-refractivity contribution in [1.82, 2.24) is 25.3 Å². The van der Waals surface area contributed by atoms with Gasteiger partial charge in [-0.3, -0.25) is 0 Å². The van der Waals surface area contributed by atoms with Crippen molar-refractivity contribution >= 4 is 39.4 Å². The van der Waals surface area contributed by atoms with E-state index in [-0.39, 0.29) is 11.7 Å². The fourth-order valence-corrected chi connectivity index (χ4v) is 4.65. The number of fused-ring (bicyclic) bond motifs is 3. The zero-order chi connectivity index (χ0) is 19.5. The molecule has 2 aliphatic heterocycles. The molecule has 2 aromatic heterocycles. The van der Waals surface area contributed by atoms with Crippen molar-refractivity contribution < 1.29 is 4.74 Å². The summed E-state index contributed by atoms with van der Waals surface area (Å²) in [4.78, 5) is 28.8. The summed E-state index contributed by atoms with van der Waals surface area (Å²) in [6, 6.07) is 7.79. The highest BCUT2D eigenvalue weighted by molar-refractivity contribution is 6.37. The van der Waals surface area contributed by atoms with Crippen LogP contribution in [0.15, 0.2) is 35.4 Å². The average molecular weight is 409 g/mol. The number of nitrogens with zero attached hydrogens (tertiary/aromatic N) is 3. The van der Waals surface area contributed by atoms with Crippen LogP contribution in [-0.2, 0) is 0 Å². The Morgan fingerprint density at radius 2 is 2.14 bits per heavy atom. The number of hydrogen-bond acceptors (Lipinski definition) is 6. The van der Waals surface area contributed by atoms with Gasteiger partial charge in [-0.2, -0.15) is 0 Å². The second kappa shape index (κ2) is 6.20. The molecule has 8 nitrogen and oxygen atoms in total. The molecule has 29 heavy (non-hydrogen) atoms. The topological polar surface area (TPSA) is 98.9 Å². The van der Waals surface area contributed by atoms with Gasteiger partial charge >= 0.3 is 5.69 Å². The van der Waals surface area contributed by atoms with Crippen LogP contribution in [0.2, 0.25) is 5.02 Å². The second-order valence-electron chi connectivity index (χ2n) is 7.33. The van der Waals surface area contributed by atoms with Gasteiger partial charge in [0.25, 0.3) is 0 Å².